The predicted molar refractivity (Wildman–Crippen MR) is 122 cm³/mol. The van der Waals surface area contributed by atoms with Gasteiger partial charge in [-0.25, -0.2) is 4.98 Å². The normalized spacial score (nSPS) is 14.7. The second-order valence-corrected chi connectivity index (χ2v) is 8.24. The van der Waals surface area contributed by atoms with Gasteiger partial charge >= 0.3 is 0 Å². The summed E-state index contributed by atoms with van der Waals surface area (Å²) in [7, 11) is 0. The van der Waals surface area contributed by atoms with Crippen molar-refractivity contribution in [3.05, 3.63) is 66.1 Å². The number of Topliss-reactive ketones (excluding diaryl/α,β-unsaturated/α-hetero) is 1. The lowest BCUT2D eigenvalue weighted by molar-refractivity contribution is 0.101. The molecule has 0 bridgehead atoms. The van der Waals surface area contributed by atoms with Crippen LogP contribution in [0.3, 0.4) is 0 Å². The summed E-state index contributed by atoms with van der Waals surface area (Å²) in [6.45, 7) is 1.56. The van der Waals surface area contributed by atoms with Crippen LogP contribution in [0.1, 0.15) is 61.0 Å². The molecule has 0 unspecified atom stereocenters. The molecule has 6 heteroatoms. The van der Waals surface area contributed by atoms with E-state index in [1.807, 2.05) is 48.7 Å². The van der Waals surface area contributed by atoms with Crippen LogP contribution in [-0.2, 0) is 0 Å². The first kappa shape index (κ1) is 19.4. The van der Waals surface area contributed by atoms with E-state index in [2.05, 4.69) is 10.1 Å². The summed E-state index contributed by atoms with van der Waals surface area (Å²) in [4.78, 5) is 22.1. The van der Waals surface area contributed by atoms with Gasteiger partial charge in [0.15, 0.2) is 11.4 Å². The summed E-state index contributed by atoms with van der Waals surface area (Å²) in [6.07, 6.45) is 9.24. The largest absolute Gasteiger partial charge is 0.383 e. The maximum absolute atomic E-state index is 12.5. The first-order valence-corrected chi connectivity index (χ1v) is 10.8. The average molecular weight is 412 g/mol. The van der Waals surface area contributed by atoms with Crippen LogP contribution in [0.15, 0.2) is 54.9 Å². The molecular weight excluding hydrogens is 386 g/mol. The number of nitrogens with zero attached hydrogens (tertiary/aromatic N) is 4. The van der Waals surface area contributed by atoms with E-state index in [0.717, 1.165) is 53.8 Å². The highest BCUT2D eigenvalue weighted by Crippen LogP contribution is 2.37. The Labute approximate surface area is 181 Å². The molecule has 1 fully saturated rings. The van der Waals surface area contributed by atoms with Crippen LogP contribution in [0.5, 0.6) is 0 Å². The van der Waals surface area contributed by atoms with Crippen molar-refractivity contribution in [1.29, 1.82) is 0 Å². The van der Waals surface area contributed by atoms with E-state index in [-0.39, 0.29) is 11.7 Å². The molecule has 3 aromatic heterocycles. The van der Waals surface area contributed by atoms with Gasteiger partial charge in [0.25, 0.3) is 0 Å². The molecule has 5 rings (SSSR count). The van der Waals surface area contributed by atoms with Gasteiger partial charge in [0, 0.05) is 28.8 Å². The molecule has 0 amide bonds. The highest BCUT2D eigenvalue weighted by atomic mass is 16.1. The summed E-state index contributed by atoms with van der Waals surface area (Å²) < 4.78 is 1.59. The molecule has 1 aromatic carbocycles. The SMILES string of the molecule is CC(=O)c1c(C2CCCCC2)nc2c(-c3ccc(-c4ccccc4)nc3)cnn2c1N. The molecule has 0 atom stereocenters. The van der Waals surface area contributed by atoms with E-state index in [4.69, 9.17) is 10.7 Å². The molecule has 0 saturated heterocycles. The number of pyridine rings is 1. The molecular formula is C25H25N5O. The number of benzene rings is 1. The Kier molecular flexibility index (Phi) is 4.98. The van der Waals surface area contributed by atoms with Crippen LogP contribution < -0.4 is 5.73 Å². The zero-order valence-corrected chi connectivity index (χ0v) is 17.6. The number of nitrogens with two attached hydrogens (primary N) is 1. The van der Waals surface area contributed by atoms with Gasteiger partial charge in [-0.2, -0.15) is 9.61 Å². The average Bonchev–Trinajstić information content (AvgIpc) is 3.24. The van der Waals surface area contributed by atoms with Crippen molar-refractivity contribution < 1.29 is 4.79 Å². The van der Waals surface area contributed by atoms with Crippen LogP contribution in [-0.4, -0.2) is 25.4 Å². The highest BCUT2D eigenvalue weighted by molar-refractivity contribution is 6.00. The minimum atomic E-state index is -0.0570. The number of hydrogen-bond acceptors (Lipinski definition) is 5. The fourth-order valence-electron chi connectivity index (χ4n) is 4.60. The molecule has 156 valence electrons. The zero-order chi connectivity index (χ0) is 21.4. The Balaban J connectivity index is 1.62. The van der Waals surface area contributed by atoms with Crippen molar-refractivity contribution in [2.24, 2.45) is 0 Å². The van der Waals surface area contributed by atoms with Crippen molar-refractivity contribution >= 4 is 17.2 Å². The number of carbonyl (C=O) groups excluding carboxylic acids is 1. The number of hydrogen-bond donors (Lipinski definition) is 1. The Hall–Kier alpha value is -3.54. The molecule has 0 radical (unpaired) electrons. The number of ketones is 1. The Bertz CT molecular complexity index is 1240. The third-order valence-electron chi connectivity index (χ3n) is 6.20. The van der Waals surface area contributed by atoms with E-state index < -0.39 is 0 Å². The molecule has 4 aromatic rings. The first-order chi connectivity index (χ1) is 15.1. The number of fused-ring (bicyclic) bond motifs is 1. The van der Waals surface area contributed by atoms with E-state index in [1.54, 1.807) is 17.6 Å². The second-order valence-electron chi connectivity index (χ2n) is 8.24. The Morgan fingerprint density at radius 2 is 1.77 bits per heavy atom. The standard InChI is InChI=1S/C25H25N5O/c1-16(31)22-23(18-10-6-3-7-11-18)29-25-20(15-28-30(25)24(22)26)19-12-13-21(27-14-19)17-8-4-2-5-9-17/h2,4-5,8-9,12-15,18H,3,6-7,10-11,26H2,1H3. The lowest BCUT2D eigenvalue weighted by Crippen LogP contribution is -2.17. The van der Waals surface area contributed by atoms with Gasteiger partial charge in [-0.15, -0.1) is 0 Å². The number of nitrogen functional groups attached to an aromatic ring is 1. The number of anilines is 1. The second kappa shape index (κ2) is 7.95. The molecule has 3 heterocycles. The fraction of sp³-hybridized carbons (Fsp3) is 0.280. The molecule has 2 N–H and O–H groups in total. The van der Waals surface area contributed by atoms with Crippen molar-refractivity contribution in [2.45, 2.75) is 44.9 Å². The smallest absolute Gasteiger partial charge is 0.165 e. The van der Waals surface area contributed by atoms with Crippen LogP contribution in [0, 0.1) is 0 Å². The van der Waals surface area contributed by atoms with Gasteiger partial charge in [-0.1, -0.05) is 55.7 Å². The summed E-state index contributed by atoms with van der Waals surface area (Å²) in [5, 5.41) is 4.45. The van der Waals surface area contributed by atoms with Crippen LogP contribution in [0.4, 0.5) is 5.82 Å². The van der Waals surface area contributed by atoms with Crippen molar-refractivity contribution in [1.82, 2.24) is 19.6 Å². The van der Waals surface area contributed by atoms with E-state index >= 15 is 0 Å². The minimum absolute atomic E-state index is 0.0570. The molecule has 1 saturated carbocycles. The molecule has 1 aliphatic rings. The monoisotopic (exact) mass is 411 g/mol. The minimum Gasteiger partial charge on any atom is -0.383 e. The molecule has 31 heavy (non-hydrogen) atoms. The van der Waals surface area contributed by atoms with Crippen LogP contribution in [0.2, 0.25) is 0 Å². The molecule has 0 aliphatic heterocycles. The van der Waals surface area contributed by atoms with Gasteiger partial charge in [0.05, 0.1) is 23.1 Å². The maximum atomic E-state index is 12.5. The summed E-state index contributed by atoms with van der Waals surface area (Å²) in [6, 6.07) is 14.1. The van der Waals surface area contributed by atoms with Gasteiger partial charge in [-0.05, 0) is 25.8 Å². The number of carbonyl (C=O) groups is 1. The molecule has 1 aliphatic carbocycles. The topological polar surface area (TPSA) is 86.2 Å². The highest BCUT2D eigenvalue weighted by Gasteiger charge is 2.26. The van der Waals surface area contributed by atoms with Gasteiger partial charge in [0.1, 0.15) is 5.82 Å². The summed E-state index contributed by atoms with van der Waals surface area (Å²) in [5.41, 5.74) is 12.2. The third-order valence-corrected chi connectivity index (χ3v) is 6.20. The zero-order valence-electron chi connectivity index (χ0n) is 17.6. The summed E-state index contributed by atoms with van der Waals surface area (Å²) in [5.74, 6) is 0.581. The van der Waals surface area contributed by atoms with E-state index in [0.29, 0.717) is 17.0 Å². The molecule has 0 spiro atoms. The van der Waals surface area contributed by atoms with Gasteiger partial charge in [-0.3, -0.25) is 9.78 Å². The van der Waals surface area contributed by atoms with Crippen molar-refractivity contribution in [3.8, 4) is 22.4 Å². The maximum Gasteiger partial charge on any atom is 0.165 e. The Morgan fingerprint density at radius 1 is 1.00 bits per heavy atom. The first-order valence-electron chi connectivity index (χ1n) is 10.8. The fourth-order valence-corrected chi connectivity index (χ4v) is 4.60. The predicted octanol–water partition coefficient (Wildman–Crippen LogP) is 5.29. The molecule has 6 nitrogen and oxygen atoms in total. The van der Waals surface area contributed by atoms with Crippen LogP contribution >= 0.6 is 0 Å². The number of aromatic nitrogens is 4. The third kappa shape index (κ3) is 3.48. The van der Waals surface area contributed by atoms with Crippen molar-refractivity contribution in [3.63, 3.8) is 0 Å². The van der Waals surface area contributed by atoms with E-state index in [1.165, 1.54) is 6.42 Å². The van der Waals surface area contributed by atoms with Crippen molar-refractivity contribution in [2.75, 3.05) is 5.73 Å². The number of rotatable bonds is 4. The quantitative estimate of drug-likeness (QED) is 0.461. The lowest BCUT2D eigenvalue weighted by Gasteiger charge is -2.23. The van der Waals surface area contributed by atoms with Crippen LogP contribution in [0.25, 0.3) is 28.0 Å². The van der Waals surface area contributed by atoms with Gasteiger partial charge in [0.2, 0.25) is 0 Å². The van der Waals surface area contributed by atoms with Gasteiger partial charge < -0.3 is 5.73 Å². The van der Waals surface area contributed by atoms with E-state index in [9.17, 15) is 4.79 Å². The lowest BCUT2D eigenvalue weighted by atomic mass is 9.84. The summed E-state index contributed by atoms with van der Waals surface area (Å²) >= 11 is 0. The Morgan fingerprint density at radius 3 is 2.45 bits per heavy atom.